The molecule has 0 saturated carbocycles. The highest BCUT2D eigenvalue weighted by atomic mass is 79.9. The molecule has 0 aliphatic carbocycles. The monoisotopic (exact) mass is 524 g/mol. The highest BCUT2D eigenvalue weighted by molar-refractivity contribution is 9.11. The number of nitrogens with one attached hydrogen (secondary N) is 2. The summed E-state index contributed by atoms with van der Waals surface area (Å²) in [7, 11) is 3.07. The second-order valence-electron chi connectivity index (χ2n) is 6.39. The van der Waals surface area contributed by atoms with E-state index >= 15 is 0 Å². The molecule has 0 spiro atoms. The number of halogens is 2. The van der Waals surface area contributed by atoms with Gasteiger partial charge in [-0.25, -0.2) is 0 Å². The van der Waals surface area contributed by atoms with E-state index in [2.05, 4.69) is 42.5 Å². The van der Waals surface area contributed by atoms with Crippen molar-refractivity contribution in [2.45, 2.75) is 13.8 Å². The van der Waals surface area contributed by atoms with Crippen LogP contribution >= 0.6 is 31.9 Å². The number of hydrogen-bond acceptors (Lipinski definition) is 4. The molecule has 0 atom stereocenters. The molecule has 6 nitrogen and oxygen atoms in total. The molecule has 2 aromatic carbocycles. The number of amides is 2. The lowest BCUT2D eigenvalue weighted by atomic mass is 10.2. The molecule has 0 unspecified atom stereocenters. The topological polar surface area (TPSA) is 76.7 Å². The summed E-state index contributed by atoms with van der Waals surface area (Å²) in [4.78, 5) is 24.2. The number of anilines is 2. The molecule has 2 N–H and O–H groups in total. The summed E-state index contributed by atoms with van der Waals surface area (Å²) >= 11 is 6.86. The number of ether oxygens (including phenoxy) is 2. The molecule has 0 aliphatic rings. The van der Waals surface area contributed by atoms with Gasteiger partial charge in [0.15, 0.2) is 0 Å². The molecule has 0 fully saturated rings. The summed E-state index contributed by atoms with van der Waals surface area (Å²) in [6.07, 6.45) is 3.08. The van der Waals surface area contributed by atoms with E-state index in [1.807, 2.05) is 26.0 Å². The molecule has 0 radical (unpaired) electrons. The van der Waals surface area contributed by atoms with Gasteiger partial charge in [-0.1, -0.05) is 29.8 Å². The Hall–Kier alpha value is -2.32. The summed E-state index contributed by atoms with van der Waals surface area (Å²) in [6, 6.07) is 8.75. The maximum absolute atomic E-state index is 12.3. The largest absolute Gasteiger partial charge is 0.495 e. The fourth-order valence-corrected chi connectivity index (χ4v) is 3.84. The lowest BCUT2D eigenvalue weighted by Crippen LogP contribution is -2.18. The van der Waals surface area contributed by atoms with Crippen LogP contribution in [-0.2, 0) is 9.59 Å². The van der Waals surface area contributed by atoms with E-state index in [1.165, 1.54) is 13.2 Å². The van der Waals surface area contributed by atoms with Crippen LogP contribution in [0.3, 0.4) is 0 Å². The van der Waals surface area contributed by atoms with Crippen LogP contribution in [0.2, 0.25) is 0 Å². The molecule has 0 bridgehead atoms. The second kappa shape index (κ2) is 10.5. The third kappa shape index (κ3) is 6.33. The number of benzene rings is 2. The van der Waals surface area contributed by atoms with Gasteiger partial charge in [0.25, 0.3) is 0 Å². The molecule has 29 heavy (non-hydrogen) atoms. The average molecular weight is 526 g/mol. The van der Waals surface area contributed by atoms with Crippen molar-refractivity contribution in [1.29, 1.82) is 0 Å². The first-order valence-electron chi connectivity index (χ1n) is 8.76. The molecule has 0 saturated heterocycles. The Morgan fingerprint density at radius 2 is 1.76 bits per heavy atom. The van der Waals surface area contributed by atoms with Crippen molar-refractivity contribution < 1.29 is 19.1 Å². The Morgan fingerprint density at radius 3 is 2.38 bits per heavy atom. The normalized spacial score (nSPS) is 10.9. The lowest BCUT2D eigenvalue weighted by Gasteiger charge is -2.13. The van der Waals surface area contributed by atoms with Gasteiger partial charge in [0, 0.05) is 33.8 Å². The van der Waals surface area contributed by atoms with Crippen molar-refractivity contribution in [3.63, 3.8) is 0 Å². The molecule has 2 aromatic rings. The fourth-order valence-electron chi connectivity index (χ4n) is 2.42. The van der Waals surface area contributed by atoms with Gasteiger partial charge < -0.3 is 20.1 Å². The van der Waals surface area contributed by atoms with Crippen LogP contribution in [-0.4, -0.2) is 26.0 Å². The van der Waals surface area contributed by atoms with Crippen molar-refractivity contribution in [1.82, 2.24) is 0 Å². The van der Waals surface area contributed by atoms with E-state index in [-0.39, 0.29) is 17.7 Å². The summed E-state index contributed by atoms with van der Waals surface area (Å²) in [5.41, 5.74) is 1.83. The van der Waals surface area contributed by atoms with Crippen molar-refractivity contribution >= 4 is 61.1 Å². The molecule has 2 amide bonds. The van der Waals surface area contributed by atoms with Gasteiger partial charge in [-0.05, 0) is 46.3 Å². The minimum atomic E-state index is -0.316. The van der Waals surface area contributed by atoms with Crippen molar-refractivity contribution in [2.24, 2.45) is 5.92 Å². The van der Waals surface area contributed by atoms with Crippen molar-refractivity contribution in [3.05, 3.63) is 50.9 Å². The number of carbonyl (C=O) groups is 2. The van der Waals surface area contributed by atoms with E-state index in [1.54, 1.807) is 31.4 Å². The van der Waals surface area contributed by atoms with Crippen molar-refractivity contribution in [2.75, 3.05) is 24.9 Å². The first kappa shape index (κ1) is 23.0. The van der Waals surface area contributed by atoms with Gasteiger partial charge in [0.2, 0.25) is 11.8 Å². The van der Waals surface area contributed by atoms with Crippen LogP contribution in [0.5, 0.6) is 11.5 Å². The van der Waals surface area contributed by atoms with Crippen LogP contribution in [0.4, 0.5) is 11.4 Å². The van der Waals surface area contributed by atoms with E-state index in [4.69, 9.17) is 9.47 Å². The summed E-state index contributed by atoms with van der Waals surface area (Å²) < 4.78 is 12.3. The Morgan fingerprint density at radius 1 is 1.03 bits per heavy atom. The van der Waals surface area contributed by atoms with Gasteiger partial charge in [0.05, 0.1) is 24.4 Å². The molecular weight excluding hydrogens is 504 g/mol. The number of hydrogen-bond donors (Lipinski definition) is 2. The minimum Gasteiger partial charge on any atom is -0.495 e. The molecule has 0 aliphatic heterocycles. The lowest BCUT2D eigenvalue weighted by molar-refractivity contribution is -0.119. The maximum atomic E-state index is 12.3. The van der Waals surface area contributed by atoms with Crippen LogP contribution in [0.1, 0.15) is 19.4 Å². The first-order valence-corrected chi connectivity index (χ1v) is 10.3. The Kier molecular flexibility index (Phi) is 8.28. The van der Waals surface area contributed by atoms with Gasteiger partial charge in [-0.3, -0.25) is 9.59 Å². The number of rotatable bonds is 7. The molecule has 154 valence electrons. The Bertz CT molecular complexity index is 943. The predicted molar refractivity (Wildman–Crippen MR) is 123 cm³/mol. The van der Waals surface area contributed by atoms with E-state index < -0.39 is 0 Å². The van der Waals surface area contributed by atoms with E-state index in [0.717, 1.165) is 14.5 Å². The molecule has 2 rings (SSSR count). The third-order valence-corrected chi connectivity index (χ3v) is 4.95. The molecular formula is C21H22Br2N2O4. The second-order valence-corrected chi connectivity index (χ2v) is 8.16. The predicted octanol–water partition coefficient (Wildman–Crippen LogP) is 5.48. The average Bonchev–Trinajstić information content (AvgIpc) is 2.67. The maximum Gasteiger partial charge on any atom is 0.248 e. The van der Waals surface area contributed by atoms with Crippen LogP contribution in [0, 0.1) is 5.92 Å². The number of carbonyl (C=O) groups excluding carboxylic acids is 2. The highest BCUT2D eigenvalue weighted by Crippen LogP contribution is 2.33. The Balaban J connectivity index is 2.15. The summed E-state index contributed by atoms with van der Waals surface area (Å²) in [5, 5.41) is 5.57. The zero-order valence-electron chi connectivity index (χ0n) is 16.5. The van der Waals surface area contributed by atoms with E-state index in [0.29, 0.717) is 22.9 Å². The quantitative estimate of drug-likeness (QED) is 0.469. The first-order chi connectivity index (χ1) is 13.7. The highest BCUT2D eigenvalue weighted by Gasteiger charge is 2.12. The van der Waals surface area contributed by atoms with Crippen LogP contribution < -0.4 is 20.1 Å². The number of methoxy groups -OCH3 is 2. The van der Waals surface area contributed by atoms with Gasteiger partial charge >= 0.3 is 0 Å². The standard InChI is InChI=1S/C21H22Br2N2O4/c1-12(2)21(27)25-17-7-6-15(11-18(17)28-3)24-19(26)8-5-13-9-14(22)10-16(23)20(13)29-4/h5-12H,1-4H3,(H,24,26)(H,25,27). The molecule has 8 heteroatoms. The van der Waals surface area contributed by atoms with Crippen LogP contribution in [0.25, 0.3) is 6.08 Å². The van der Waals surface area contributed by atoms with Crippen LogP contribution in [0.15, 0.2) is 45.4 Å². The Labute approximate surface area is 186 Å². The molecule has 0 aromatic heterocycles. The van der Waals surface area contributed by atoms with Gasteiger partial charge in [-0.15, -0.1) is 0 Å². The van der Waals surface area contributed by atoms with Crippen molar-refractivity contribution in [3.8, 4) is 11.5 Å². The minimum absolute atomic E-state index is 0.114. The summed E-state index contributed by atoms with van der Waals surface area (Å²) in [6.45, 7) is 3.61. The molecule has 0 heterocycles. The summed E-state index contributed by atoms with van der Waals surface area (Å²) in [5.74, 6) is 0.503. The fraction of sp³-hybridized carbons (Fsp3) is 0.238. The van der Waals surface area contributed by atoms with E-state index in [9.17, 15) is 9.59 Å². The SMILES string of the molecule is COc1cc(NC(=O)C=Cc2cc(Br)cc(Br)c2OC)ccc1NC(=O)C(C)C. The zero-order chi connectivity index (χ0) is 21.6. The smallest absolute Gasteiger partial charge is 0.248 e. The van der Waals surface area contributed by atoms with Gasteiger partial charge in [-0.2, -0.15) is 0 Å². The third-order valence-electron chi connectivity index (χ3n) is 3.91. The zero-order valence-corrected chi connectivity index (χ0v) is 19.7. The van der Waals surface area contributed by atoms with Gasteiger partial charge in [0.1, 0.15) is 11.5 Å².